The second kappa shape index (κ2) is 9.50. The summed E-state index contributed by atoms with van der Waals surface area (Å²) in [6, 6.07) is 24.2. The number of carbonyl (C=O) groups is 2. The third-order valence-corrected chi connectivity index (χ3v) is 5.36. The summed E-state index contributed by atoms with van der Waals surface area (Å²) in [7, 11) is 0. The number of carboxylic acids is 2. The molecule has 0 radical (unpaired) electrons. The van der Waals surface area contributed by atoms with E-state index in [-0.39, 0.29) is 11.1 Å². The van der Waals surface area contributed by atoms with Gasteiger partial charge >= 0.3 is 11.9 Å². The van der Waals surface area contributed by atoms with Crippen LogP contribution in [0.1, 0.15) is 31.8 Å². The lowest BCUT2D eigenvalue weighted by Gasteiger charge is -2.14. The summed E-state index contributed by atoms with van der Waals surface area (Å²) >= 11 is 0. The number of ether oxygens (including phenoxy) is 2. The number of hydrogen-bond donors (Lipinski definition) is 2. The van der Waals surface area contributed by atoms with Gasteiger partial charge in [0.25, 0.3) is 0 Å². The largest absolute Gasteiger partial charge is 0.478 e. The summed E-state index contributed by atoms with van der Waals surface area (Å²) in [6.07, 6.45) is 0. The van der Waals surface area contributed by atoms with E-state index in [1.807, 2.05) is 50.2 Å². The van der Waals surface area contributed by atoms with Crippen molar-refractivity contribution in [2.45, 2.75) is 13.8 Å². The van der Waals surface area contributed by atoms with Crippen LogP contribution in [-0.4, -0.2) is 22.2 Å². The number of rotatable bonds is 7. The minimum atomic E-state index is -0.977. The van der Waals surface area contributed by atoms with Crippen molar-refractivity contribution in [2.24, 2.45) is 0 Å². The van der Waals surface area contributed by atoms with Gasteiger partial charge in [-0.05, 0) is 109 Å². The summed E-state index contributed by atoms with van der Waals surface area (Å²) < 4.78 is 11.7. The molecule has 2 N–H and O–H groups in total. The lowest BCUT2D eigenvalue weighted by atomic mass is 9.96. The number of benzene rings is 4. The van der Waals surface area contributed by atoms with Crippen molar-refractivity contribution >= 4 is 11.9 Å². The Morgan fingerprint density at radius 1 is 0.529 bits per heavy atom. The summed E-state index contributed by atoms with van der Waals surface area (Å²) in [5.41, 5.74) is 4.59. The van der Waals surface area contributed by atoms with Gasteiger partial charge in [-0.3, -0.25) is 0 Å². The smallest absolute Gasteiger partial charge is 0.335 e. The van der Waals surface area contributed by atoms with E-state index in [2.05, 4.69) is 0 Å². The third-order valence-electron chi connectivity index (χ3n) is 5.36. The summed E-state index contributed by atoms with van der Waals surface area (Å²) in [5, 5.41) is 18.0. The number of aryl methyl sites for hydroxylation is 2. The van der Waals surface area contributed by atoms with E-state index in [4.69, 9.17) is 19.7 Å². The van der Waals surface area contributed by atoms with Gasteiger partial charge in [-0.2, -0.15) is 0 Å². The zero-order chi connectivity index (χ0) is 24.2. The molecular formula is C28H22O6. The molecule has 0 aromatic heterocycles. The molecule has 0 aliphatic carbocycles. The monoisotopic (exact) mass is 454 g/mol. The van der Waals surface area contributed by atoms with E-state index in [1.54, 1.807) is 24.3 Å². The predicted octanol–water partition coefficient (Wildman–Crippen LogP) is 6.95. The highest BCUT2D eigenvalue weighted by molar-refractivity contribution is 5.88. The molecular weight excluding hydrogens is 432 g/mol. The van der Waals surface area contributed by atoms with Crippen LogP contribution in [0.3, 0.4) is 0 Å². The summed E-state index contributed by atoms with van der Waals surface area (Å²) in [5.74, 6) is 0.486. The zero-order valence-corrected chi connectivity index (χ0v) is 18.6. The van der Waals surface area contributed by atoms with Gasteiger partial charge in [-0.15, -0.1) is 0 Å². The van der Waals surface area contributed by atoms with Crippen LogP contribution in [0.4, 0.5) is 0 Å². The average Bonchev–Trinajstić information content (AvgIpc) is 2.80. The third kappa shape index (κ3) is 5.07. The van der Waals surface area contributed by atoms with Crippen LogP contribution in [0.25, 0.3) is 11.1 Å². The van der Waals surface area contributed by atoms with E-state index < -0.39 is 11.9 Å². The Hall–Kier alpha value is -4.58. The summed E-state index contributed by atoms with van der Waals surface area (Å²) in [6.45, 7) is 4.01. The molecule has 170 valence electrons. The highest BCUT2D eigenvalue weighted by atomic mass is 16.5. The highest BCUT2D eigenvalue weighted by Gasteiger charge is 2.10. The van der Waals surface area contributed by atoms with E-state index in [1.165, 1.54) is 24.3 Å². The Labute approximate surface area is 196 Å². The minimum absolute atomic E-state index is 0.207. The van der Waals surface area contributed by atoms with Crippen molar-refractivity contribution in [1.29, 1.82) is 0 Å². The van der Waals surface area contributed by atoms with Gasteiger partial charge in [0.2, 0.25) is 0 Å². The van der Waals surface area contributed by atoms with Gasteiger partial charge in [0.05, 0.1) is 11.1 Å². The Morgan fingerprint density at radius 2 is 0.853 bits per heavy atom. The van der Waals surface area contributed by atoms with E-state index in [9.17, 15) is 9.59 Å². The first kappa shape index (κ1) is 22.6. The van der Waals surface area contributed by atoms with Gasteiger partial charge in [0, 0.05) is 0 Å². The van der Waals surface area contributed by atoms with Crippen molar-refractivity contribution in [3.05, 3.63) is 107 Å². The van der Waals surface area contributed by atoms with Gasteiger partial charge in [-0.25, -0.2) is 9.59 Å². The van der Waals surface area contributed by atoms with E-state index >= 15 is 0 Å². The van der Waals surface area contributed by atoms with Crippen molar-refractivity contribution < 1.29 is 29.3 Å². The molecule has 0 saturated heterocycles. The molecule has 0 aliphatic rings. The van der Waals surface area contributed by atoms with Gasteiger partial charge in [0.15, 0.2) is 0 Å². The predicted molar refractivity (Wildman–Crippen MR) is 128 cm³/mol. The number of hydrogen-bond acceptors (Lipinski definition) is 4. The lowest BCUT2D eigenvalue weighted by Crippen LogP contribution is -1.95. The quantitative estimate of drug-likeness (QED) is 0.314. The normalized spacial score (nSPS) is 10.5. The Kier molecular flexibility index (Phi) is 6.32. The molecule has 0 aliphatic heterocycles. The summed E-state index contributed by atoms with van der Waals surface area (Å²) in [4.78, 5) is 22.0. The maximum absolute atomic E-state index is 11.0. The highest BCUT2D eigenvalue weighted by Crippen LogP contribution is 2.34. The first-order chi connectivity index (χ1) is 16.3. The van der Waals surface area contributed by atoms with Crippen molar-refractivity contribution in [2.75, 3.05) is 0 Å². The molecule has 6 heteroatoms. The lowest BCUT2D eigenvalue weighted by molar-refractivity contribution is 0.0686. The molecule has 34 heavy (non-hydrogen) atoms. The van der Waals surface area contributed by atoms with Crippen LogP contribution in [0.2, 0.25) is 0 Å². The van der Waals surface area contributed by atoms with Crippen LogP contribution in [0, 0.1) is 13.8 Å². The molecule has 0 unspecified atom stereocenters. The van der Waals surface area contributed by atoms with Gasteiger partial charge in [0.1, 0.15) is 23.0 Å². The first-order valence-electron chi connectivity index (χ1n) is 10.5. The topological polar surface area (TPSA) is 93.1 Å². The molecule has 0 fully saturated rings. The van der Waals surface area contributed by atoms with E-state index in [0.29, 0.717) is 23.0 Å². The van der Waals surface area contributed by atoms with Crippen LogP contribution in [-0.2, 0) is 0 Å². The average molecular weight is 454 g/mol. The number of aromatic carboxylic acids is 2. The maximum atomic E-state index is 11.0. The zero-order valence-electron chi connectivity index (χ0n) is 18.6. The molecule has 0 atom stereocenters. The van der Waals surface area contributed by atoms with E-state index in [0.717, 1.165) is 22.3 Å². The standard InChI is InChI=1S/C28H22O6/c1-17-15-23(33-21-7-3-19(4-8-21)27(29)30)11-13-25(17)26-14-12-24(16-18(26)2)34-22-9-5-20(6-10-22)28(31)32/h3-16H,1-2H3,(H,29,30)(H,31,32). The minimum Gasteiger partial charge on any atom is -0.478 e. The Bertz CT molecular complexity index is 1250. The fourth-order valence-electron chi connectivity index (χ4n) is 3.61. The second-order valence-corrected chi connectivity index (χ2v) is 7.82. The van der Waals surface area contributed by atoms with Crippen LogP contribution < -0.4 is 9.47 Å². The molecule has 0 heterocycles. The maximum Gasteiger partial charge on any atom is 0.335 e. The fourth-order valence-corrected chi connectivity index (χ4v) is 3.61. The van der Waals surface area contributed by atoms with Crippen molar-refractivity contribution in [3.63, 3.8) is 0 Å². The van der Waals surface area contributed by atoms with Crippen molar-refractivity contribution in [1.82, 2.24) is 0 Å². The Morgan fingerprint density at radius 3 is 1.15 bits per heavy atom. The first-order valence-corrected chi connectivity index (χ1v) is 10.5. The molecule has 4 aromatic rings. The van der Waals surface area contributed by atoms with Crippen molar-refractivity contribution in [3.8, 4) is 34.1 Å². The fraction of sp³-hybridized carbons (Fsp3) is 0.0714. The molecule has 6 nitrogen and oxygen atoms in total. The molecule has 0 amide bonds. The second-order valence-electron chi connectivity index (χ2n) is 7.82. The SMILES string of the molecule is Cc1cc(Oc2ccc(C(=O)O)cc2)ccc1-c1ccc(Oc2ccc(C(=O)O)cc2)cc1C. The molecule has 4 aromatic carbocycles. The molecule has 0 saturated carbocycles. The Balaban J connectivity index is 1.50. The molecule has 0 bridgehead atoms. The van der Waals surface area contributed by atoms with Crippen LogP contribution in [0.5, 0.6) is 23.0 Å². The molecule has 0 spiro atoms. The van der Waals surface area contributed by atoms with Crippen LogP contribution >= 0.6 is 0 Å². The van der Waals surface area contributed by atoms with Gasteiger partial charge < -0.3 is 19.7 Å². The number of carboxylic acid groups (broad SMARTS) is 2. The molecule has 4 rings (SSSR count). The van der Waals surface area contributed by atoms with Crippen LogP contribution in [0.15, 0.2) is 84.9 Å². The van der Waals surface area contributed by atoms with Gasteiger partial charge in [-0.1, -0.05) is 12.1 Å².